The molecule has 0 saturated carbocycles. The van der Waals surface area contributed by atoms with Crippen LogP contribution < -0.4 is 20.4 Å². The van der Waals surface area contributed by atoms with Crippen LogP contribution in [0.1, 0.15) is 6.92 Å². The quantitative estimate of drug-likeness (QED) is 0.557. The van der Waals surface area contributed by atoms with Crippen molar-refractivity contribution in [1.29, 1.82) is 0 Å². The molecule has 3 heteroatoms. The van der Waals surface area contributed by atoms with E-state index in [2.05, 4.69) is 79.8 Å². The lowest BCUT2D eigenvalue weighted by Crippen LogP contribution is -2.50. The molecule has 6 rings (SSSR count). The molecule has 128 valence electrons. The fourth-order valence-electron chi connectivity index (χ4n) is 4.36. The predicted octanol–water partition coefficient (Wildman–Crippen LogP) is 4.50. The van der Waals surface area contributed by atoms with Crippen LogP contribution in [0.4, 0.5) is 0 Å². The zero-order chi connectivity index (χ0) is 18.0. The van der Waals surface area contributed by atoms with E-state index in [-0.39, 0.29) is 6.71 Å². The van der Waals surface area contributed by atoms with E-state index in [0.717, 1.165) is 39.2 Å². The smallest absolute Gasteiger partial charge is 0.260 e. The van der Waals surface area contributed by atoms with Crippen LogP contribution in [0.25, 0.3) is 10.8 Å². The Kier molecular flexibility index (Phi) is 2.98. The van der Waals surface area contributed by atoms with E-state index in [1.165, 1.54) is 10.9 Å². The summed E-state index contributed by atoms with van der Waals surface area (Å²) in [5, 5.41) is 2.26. The summed E-state index contributed by atoms with van der Waals surface area (Å²) in [5.41, 5.74) is 3.54. The van der Waals surface area contributed by atoms with Gasteiger partial charge in [-0.05, 0) is 40.4 Å². The Balaban J connectivity index is 1.72. The van der Waals surface area contributed by atoms with Crippen molar-refractivity contribution in [3.8, 4) is 17.2 Å². The van der Waals surface area contributed by atoms with E-state index >= 15 is 0 Å². The minimum absolute atomic E-state index is 0.125. The molecule has 0 bridgehead atoms. The molecule has 0 aromatic heterocycles. The van der Waals surface area contributed by atoms with E-state index in [4.69, 9.17) is 9.47 Å². The second kappa shape index (κ2) is 5.40. The summed E-state index contributed by atoms with van der Waals surface area (Å²) in [5.74, 6) is 4.07. The zero-order valence-electron chi connectivity index (χ0n) is 15.0. The lowest BCUT2D eigenvalue weighted by Gasteiger charge is -2.33. The van der Waals surface area contributed by atoms with Crippen molar-refractivity contribution in [2.24, 2.45) is 5.92 Å². The first-order valence-electron chi connectivity index (χ1n) is 9.40. The van der Waals surface area contributed by atoms with Gasteiger partial charge in [-0.1, -0.05) is 67.6 Å². The van der Waals surface area contributed by atoms with Crippen molar-refractivity contribution in [1.82, 2.24) is 0 Å². The topological polar surface area (TPSA) is 18.5 Å². The maximum Gasteiger partial charge on any atom is 0.260 e. The van der Waals surface area contributed by atoms with Crippen molar-refractivity contribution >= 4 is 28.4 Å². The number of hydrogen-bond donors (Lipinski definition) is 0. The van der Waals surface area contributed by atoms with Gasteiger partial charge in [0.15, 0.2) is 0 Å². The molecule has 2 nitrogen and oxygen atoms in total. The molecule has 2 heterocycles. The third-order valence-corrected chi connectivity index (χ3v) is 5.68. The molecule has 1 unspecified atom stereocenters. The van der Waals surface area contributed by atoms with Gasteiger partial charge in [-0.2, -0.15) is 0 Å². The Morgan fingerprint density at radius 1 is 0.852 bits per heavy atom. The molecule has 0 spiro atoms. The molecular weight excluding hydrogens is 331 g/mol. The second-order valence-electron chi connectivity index (χ2n) is 7.41. The highest BCUT2D eigenvalue weighted by Gasteiger charge is 2.41. The summed E-state index contributed by atoms with van der Waals surface area (Å²) in [6, 6.07) is 18.9. The van der Waals surface area contributed by atoms with Gasteiger partial charge in [-0.15, -0.1) is 0 Å². The highest BCUT2D eigenvalue weighted by atomic mass is 16.5. The van der Waals surface area contributed by atoms with Gasteiger partial charge < -0.3 is 9.47 Å². The first-order chi connectivity index (χ1) is 13.3. The Bertz CT molecular complexity index is 1200. The molecule has 1 atom stereocenters. The lowest BCUT2D eigenvalue weighted by atomic mass is 9.34. The number of hydrogen-bond acceptors (Lipinski definition) is 2. The number of ether oxygens (including phenoxy) is 2. The van der Waals surface area contributed by atoms with Crippen LogP contribution in [0, 0.1) is 5.92 Å². The maximum atomic E-state index is 6.50. The van der Waals surface area contributed by atoms with Crippen molar-refractivity contribution < 1.29 is 9.47 Å². The standard InChI is InChI=1S/C24H17BO2/c1-15-10-12-19-21(13-11-15)27-24-17-7-3-2-6-16(17)14-22-23(24)25(19)18-8-4-5-9-20(18)26-22/h2-15H,1H3. The average molecular weight is 348 g/mol. The first kappa shape index (κ1) is 14.9. The maximum absolute atomic E-state index is 6.50. The zero-order valence-corrected chi connectivity index (χ0v) is 15.0. The lowest BCUT2D eigenvalue weighted by molar-refractivity contribution is 0.439. The number of rotatable bonds is 0. The largest absolute Gasteiger partial charge is 0.458 e. The van der Waals surface area contributed by atoms with Crippen LogP contribution in [0.2, 0.25) is 0 Å². The van der Waals surface area contributed by atoms with E-state index in [1.807, 2.05) is 6.07 Å². The fraction of sp³-hybridized carbons (Fsp3) is 0.0833. The van der Waals surface area contributed by atoms with Crippen LogP contribution >= 0.6 is 0 Å². The summed E-state index contributed by atoms with van der Waals surface area (Å²) < 4.78 is 12.8. The van der Waals surface area contributed by atoms with E-state index in [1.54, 1.807) is 0 Å². The number of benzene rings is 3. The van der Waals surface area contributed by atoms with Crippen LogP contribution in [0.3, 0.4) is 0 Å². The van der Waals surface area contributed by atoms with Gasteiger partial charge in [-0.3, -0.25) is 0 Å². The molecule has 2 aliphatic heterocycles. The predicted molar refractivity (Wildman–Crippen MR) is 111 cm³/mol. The molecule has 0 N–H and O–H groups in total. The summed E-state index contributed by atoms with van der Waals surface area (Å²) in [4.78, 5) is 0. The molecule has 1 aliphatic carbocycles. The summed E-state index contributed by atoms with van der Waals surface area (Å²) in [6.45, 7) is 2.32. The highest BCUT2D eigenvalue weighted by molar-refractivity contribution is 6.94. The van der Waals surface area contributed by atoms with Gasteiger partial charge in [0, 0.05) is 10.8 Å². The van der Waals surface area contributed by atoms with Gasteiger partial charge >= 0.3 is 0 Å². The average Bonchev–Trinajstić information content (AvgIpc) is 2.89. The molecular formula is C24H17BO2. The normalized spacial score (nSPS) is 19.0. The first-order valence-corrected chi connectivity index (χ1v) is 9.40. The third kappa shape index (κ3) is 2.09. The van der Waals surface area contributed by atoms with Crippen molar-refractivity contribution in [2.45, 2.75) is 6.92 Å². The molecule has 0 radical (unpaired) electrons. The number of para-hydroxylation sites is 1. The molecule has 0 fully saturated rings. The summed E-state index contributed by atoms with van der Waals surface area (Å²) in [7, 11) is 0. The number of fused-ring (bicyclic) bond motifs is 5. The second-order valence-corrected chi connectivity index (χ2v) is 7.41. The Labute approximate surface area is 158 Å². The van der Waals surface area contributed by atoms with Gasteiger partial charge in [0.2, 0.25) is 0 Å². The van der Waals surface area contributed by atoms with Gasteiger partial charge in [0.25, 0.3) is 6.71 Å². The fourth-order valence-corrected chi connectivity index (χ4v) is 4.36. The van der Waals surface area contributed by atoms with E-state index in [0.29, 0.717) is 5.92 Å². The Morgan fingerprint density at radius 2 is 1.67 bits per heavy atom. The minimum Gasteiger partial charge on any atom is -0.458 e. The SMILES string of the molecule is CC1C=CC2=C(C=C1)B1c3ccccc3Oc3cc4ccccc4c(c31)O2. The molecule has 0 saturated heterocycles. The van der Waals surface area contributed by atoms with Crippen LogP contribution in [-0.4, -0.2) is 6.71 Å². The Morgan fingerprint density at radius 3 is 2.63 bits per heavy atom. The third-order valence-electron chi connectivity index (χ3n) is 5.68. The summed E-state index contributed by atoms with van der Waals surface area (Å²) >= 11 is 0. The molecule has 0 amide bonds. The molecule has 3 aromatic carbocycles. The summed E-state index contributed by atoms with van der Waals surface area (Å²) in [6.07, 6.45) is 8.80. The molecule has 27 heavy (non-hydrogen) atoms. The minimum atomic E-state index is 0.125. The van der Waals surface area contributed by atoms with Gasteiger partial charge in [0.05, 0.1) is 0 Å². The van der Waals surface area contributed by atoms with E-state index in [9.17, 15) is 0 Å². The monoisotopic (exact) mass is 348 g/mol. The molecule has 3 aliphatic rings. The van der Waals surface area contributed by atoms with E-state index < -0.39 is 0 Å². The van der Waals surface area contributed by atoms with Gasteiger partial charge in [-0.25, -0.2) is 0 Å². The number of allylic oxidation sites excluding steroid dienone is 5. The van der Waals surface area contributed by atoms with Crippen LogP contribution in [0.5, 0.6) is 17.2 Å². The van der Waals surface area contributed by atoms with Crippen molar-refractivity contribution in [2.75, 3.05) is 0 Å². The molecule has 3 aromatic rings. The highest BCUT2D eigenvalue weighted by Crippen LogP contribution is 2.40. The van der Waals surface area contributed by atoms with Crippen LogP contribution in [0.15, 0.2) is 90.1 Å². The van der Waals surface area contributed by atoms with Crippen LogP contribution in [-0.2, 0) is 0 Å². The van der Waals surface area contributed by atoms with Crippen molar-refractivity contribution in [3.63, 3.8) is 0 Å². The van der Waals surface area contributed by atoms with Gasteiger partial charge in [0.1, 0.15) is 23.0 Å². The van der Waals surface area contributed by atoms with Crippen molar-refractivity contribution in [3.05, 3.63) is 90.1 Å². The Hall–Kier alpha value is -3.20.